The highest BCUT2D eigenvalue weighted by atomic mass is 32.2. The number of carbonyl (C=O) groups is 9. The number of urea groups is 1. The van der Waals surface area contributed by atoms with Crippen molar-refractivity contribution < 1.29 is 47.7 Å². The summed E-state index contributed by atoms with van der Waals surface area (Å²) < 4.78 is 15.9. The first-order chi connectivity index (χ1) is 36.6. The van der Waals surface area contributed by atoms with Crippen molar-refractivity contribution in [3.63, 3.8) is 0 Å². The maximum absolute atomic E-state index is 14.4. The number of hydrogen-bond acceptors (Lipinski definition) is 11. The van der Waals surface area contributed by atoms with Gasteiger partial charge < -0.3 is 47.1 Å². The summed E-state index contributed by atoms with van der Waals surface area (Å²) in [5, 5.41) is 17.2. The number of nitrogens with two attached hydrogens (primary N) is 1. The van der Waals surface area contributed by atoms with Crippen LogP contribution in [-0.2, 0) is 67.4 Å². The zero-order chi connectivity index (χ0) is 58.5. The van der Waals surface area contributed by atoms with Crippen LogP contribution in [0.3, 0.4) is 0 Å². The van der Waals surface area contributed by atoms with E-state index in [9.17, 15) is 47.7 Å². The fourth-order valence-corrected chi connectivity index (χ4v) is 9.91. The Morgan fingerprint density at radius 1 is 0.744 bits per heavy atom. The summed E-state index contributed by atoms with van der Waals surface area (Å²) in [5.41, 5.74) is 6.44. The largest absolute Gasteiger partial charge is 0.593 e. The Morgan fingerprint density at radius 3 is 1.92 bits per heavy atom. The number of nitrogens with zero attached hydrogens (tertiary/aromatic N) is 2. The first-order valence-electron chi connectivity index (χ1n) is 26.8. The average molecular weight is 1100 g/mol. The maximum atomic E-state index is 14.4. The van der Waals surface area contributed by atoms with Crippen molar-refractivity contribution in [1.82, 2.24) is 46.4 Å². The first-order valence-corrected chi connectivity index (χ1v) is 28.1. The Hall–Kier alpha value is -6.58. The highest BCUT2D eigenvalue weighted by Crippen LogP contribution is 2.29. The van der Waals surface area contributed by atoms with Gasteiger partial charge in [0.2, 0.25) is 29.5 Å². The summed E-state index contributed by atoms with van der Waals surface area (Å²) in [6, 6.07) is 11.9. The standard InChI is InChI=1S/C57H86N10O10S/c1-36(2)43(66(12)54(75)49(56(6,7)8)64-53(74)48(59-11)57(9,10)41-21-15-13-16-22-41)33-38(5)50(71)65-78(77)35-40-27-25-39(26-28-40)34-61-51(72)42(23-18-19-31-60-55(58)76)62-52(73)47(37(3)4)63-44(68)24-17-14-20-32-67-45(69)29-30-46(67)70/h13,15-16,21-22,25-30,33,36-37,42-43,47-49,59H,14,17-20,23-24,31-32,34-35H2,1-12H3,(H,61,72)(H,62,73)(H,63,68)(H,64,74)(H,65,71)(H3,58,60,76)/b38-33+/t42-,43+,47-,48+,49+,78?/m0/s1. The number of carbonyl (C=O) groups excluding carboxylic acids is 9. The van der Waals surface area contributed by atoms with E-state index in [-0.39, 0.29) is 85.2 Å². The van der Waals surface area contributed by atoms with E-state index in [2.05, 4.69) is 36.6 Å². The summed E-state index contributed by atoms with van der Waals surface area (Å²) in [7, 11) is 3.36. The third-order valence-corrected chi connectivity index (χ3v) is 14.8. The molecule has 3 rings (SSSR count). The quantitative estimate of drug-likeness (QED) is 0.0231. The van der Waals surface area contributed by atoms with Gasteiger partial charge in [-0.1, -0.05) is 129 Å². The smallest absolute Gasteiger partial charge is 0.312 e. The second-order valence-corrected chi connectivity index (χ2v) is 23.4. The number of unbranched alkanes of at least 4 members (excludes halogenated alkanes) is 3. The minimum absolute atomic E-state index is 0.0213. The molecule has 10 amide bonds. The Labute approximate surface area is 464 Å². The van der Waals surface area contributed by atoms with Crippen LogP contribution in [0.4, 0.5) is 4.79 Å². The molecule has 1 aliphatic heterocycles. The second-order valence-electron chi connectivity index (χ2n) is 22.2. The van der Waals surface area contributed by atoms with Crippen LogP contribution in [0.1, 0.15) is 131 Å². The number of likely N-dealkylation sites (N-methyl/N-ethyl adjacent to an activating group) is 2. The van der Waals surface area contributed by atoms with Gasteiger partial charge in [-0.25, -0.2) is 4.79 Å². The SMILES string of the molecule is CN[C@H](C(=O)N[C@H](C(=O)N(C)[C@H](/C=C(\C)C(=O)N[S+]([O-])Cc1ccc(CNC(=O)[C@H](CCCCNC(N)=O)NC(=O)[C@@H](NC(=O)CCCCCN2C(=O)C=CC2=O)C(C)C)cc1)C(C)C)C(C)(C)C)C(C)(C)c1ccccc1. The molecule has 430 valence electrons. The van der Waals surface area contributed by atoms with E-state index in [4.69, 9.17) is 5.73 Å². The molecule has 1 unspecified atom stereocenters. The number of rotatable bonds is 31. The van der Waals surface area contributed by atoms with E-state index >= 15 is 0 Å². The zero-order valence-electron chi connectivity index (χ0n) is 47.7. The second kappa shape index (κ2) is 31.1. The van der Waals surface area contributed by atoms with E-state index in [0.29, 0.717) is 43.2 Å². The van der Waals surface area contributed by atoms with Gasteiger partial charge in [-0.05, 0) is 74.5 Å². The molecule has 20 nitrogen and oxygen atoms in total. The molecule has 2 aromatic rings. The van der Waals surface area contributed by atoms with Gasteiger partial charge in [0.25, 0.3) is 17.7 Å². The molecule has 6 atom stereocenters. The van der Waals surface area contributed by atoms with Crippen LogP contribution in [-0.4, -0.2) is 125 Å². The first kappa shape index (κ1) is 65.7. The summed E-state index contributed by atoms with van der Waals surface area (Å²) >= 11 is -1.84. The molecule has 0 bridgehead atoms. The monoisotopic (exact) mass is 1100 g/mol. The van der Waals surface area contributed by atoms with E-state index in [1.807, 2.05) is 78.8 Å². The van der Waals surface area contributed by atoms with Crippen LogP contribution < -0.4 is 42.4 Å². The van der Waals surface area contributed by atoms with Crippen molar-refractivity contribution in [3.05, 3.63) is 95.1 Å². The van der Waals surface area contributed by atoms with Gasteiger partial charge in [0.05, 0.1) is 23.4 Å². The third-order valence-electron chi connectivity index (χ3n) is 13.7. The predicted molar refractivity (Wildman–Crippen MR) is 302 cm³/mol. The number of benzene rings is 2. The van der Waals surface area contributed by atoms with Crippen LogP contribution in [0.15, 0.2) is 78.4 Å². The zero-order valence-corrected chi connectivity index (χ0v) is 48.5. The van der Waals surface area contributed by atoms with Crippen LogP contribution in [0, 0.1) is 17.3 Å². The van der Waals surface area contributed by atoms with Gasteiger partial charge in [0.15, 0.2) is 5.75 Å². The highest BCUT2D eigenvalue weighted by molar-refractivity contribution is 7.89. The fraction of sp³-hybridized carbons (Fsp3) is 0.561. The number of imide groups is 1. The molecule has 0 aliphatic carbocycles. The fourth-order valence-electron chi connectivity index (χ4n) is 8.98. The molecular weight excluding hydrogens is 1020 g/mol. The minimum atomic E-state index is -1.84. The molecule has 0 fully saturated rings. The molecule has 0 saturated carbocycles. The molecule has 0 aromatic heterocycles. The number of nitrogens with one attached hydrogen (secondary N) is 7. The van der Waals surface area contributed by atoms with Gasteiger partial charge >= 0.3 is 6.03 Å². The average Bonchev–Trinajstić information content (AvgIpc) is 3.69. The van der Waals surface area contributed by atoms with E-state index in [1.165, 1.54) is 12.2 Å². The number of primary amides is 1. The van der Waals surface area contributed by atoms with Gasteiger partial charge in [-0.2, -0.15) is 4.72 Å². The molecule has 21 heteroatoms. The van der Waals surface area contributed by atoms with Crippen LogP contribution in [0.2, 0.25) is 0 Å². The lowest BCUT2D eigenvalue weighted by Gasteiger charge is -2.40. The predicted octanol–water partition coefficient (Wildman–Crippen LogP) is 4.06. The van der Waals surface area contributed by atoms with Gasteiger partial charge in [0.1, 0.15) is 18.1 Å². The Kier molecular flexibility index (Phi) is 26.2. The number of amides is 10. The Morgan fingerprint density at radius 2 is 1.36 bits per heavy atom. The Bertz CT molecular complexity index is 2420. The summed E-state index contributed by atoms with van der Waals surface area (Å²) in [6.07, 6.45) is 6.96. The van der Waals surface area contributed by atoms with Crippen molar-refractivity contribution in [1.29, 1.82) is 0 Å². The molecule has 2 aromatic carbocycles. The lowest BCUT2D eigenvalue weighted by molar-refractivity contribution is -0.141. The van der Waals surface area contributed by atoms with E-state index in [0.717, 1.165) is 10.5 Å². The molecule has 1 aliphatic rings. The lowest BCUT2D eigenvalue weighted by atomic mass is 9.76. The summed E-state index contributed by atoms with van der Waals surface area (Å²) in [5.74, 6) is -3.82. The van der Waals surface area contributed by atoms with Crippen molar-refractivity contribution in [3.8, 4) is 0 Å². The van der Waals surface area contributed by atoms with Crippen LogP contribution >= 0.6 is 0 Å². The van der Waals surface area contributed by atoms with Crippen LogP contribution in [0.5, 0.6) is 0 Å². The third kappa shape index (κ3) is 20.7. The maximum Gasteiger partial charge on any atom is 0.312 e. The van der Waals surface area contributed by atoms with Crippen molar-refractivity contribution >= 4 is 64.7 Å². The molecule has 0 saturated heterocycles. The molecule has 1 heterocycles. The molecular formula is C57H86N10O10S. The van der Waals surface area contributed by atoms with Crippen molar-refractivity contribution in [2.75, 3.05) is 27.2 Å². The summed E-state index contributed by atoms with van der Waals surface area (Å²) in [6.45, 7) is 19.2. The topological polar surface area (TPSA) is 293 Å². The van der Waals surface area contributed by atoms with Gasteiger partial charge in [-0.3, -0.25) is 43.3 Å². The lowest BCUT2D eigenvalue weighted by Crippen LogP contribution is -2.61. The number of hydrogen-bond donors (Lipinski definition) is 8. The highest BCUT2D eigenvalue weighted by Gasteiger charge is 2.42. The molecule has 0 radical (unpaired) electrons. The molecule has 9 N–H and O–H groups in total. The minimum Gasteiger partial charge on any atom is -0.593 e. The normalized spacial score (nSPS) is 15.2. The van der Waals surface area contributed by atoms with Crippen LogP contribution in [0.25, 0.3) is 0 Å². The van der Waals surface area contributed by atoms with Crippen molar-refractivity contribution in [2.24, 2.45) is 23.0 Å². The molecule has 78 heavy (non-hydrogen) atoms. The summed E-state index contributed by atoms with van der Waals surface area (Å²) in [4.78, 5) is 120. The van der Waals surface area contributed by atoms with E-state index < -0.39 is 76.2 Å². The van der Waals surface area contributed by atoms with Gasteiger partial charge in [-0.15, -0.1) is 0 Å². The Balaban J connectivity index is 1.61. The van der Waals surface area contributed by atoms with Crippen molar-refractivity contribution in [2.45, 2.75) is 162 Å². The van der Waals surface area contributed by atoms with E-state index in [1.54, 1.807) is 70.1 Å². The van der Waals surface area contributed by atoms with Gasteiger partial charge in [0, 0.05) is 61.8 Å². The molecule has 0 spiro atoms.